The van der Waals surface area contributed by atoms with Gasteiger partial charge in [-0.3, -0.25) is 4.90 Å². The largest absolute Gasteiger partial charge is 0.392 e. The minimum atomic E-state index is -0.362. The summed E-state index contributed by atoms with van der Waals surface area (Å²) in [5, 5.41) is 18.6. The molecular formula is C9H17NO2. The van der Waals surface area contributed by atoms with Gasteiger partial charge < -0.3 is 10.2 Å². The summed E-state index contributed by atoms with van der Waals surface area (Å²) < 4.78 is 0. The molecule has 1 aliphatic rings. The van der Waals surface area contributed by atoms with E-state index in [4.69, 9.17) is 0 Å². The lowest BCUT2D eigenvalue weighted by Gasteiger charge is -2.32. The van der Waals surface area contributed by atoms with E-state index in [0.29, 0.717) is 19.5 Å². The van der Waals surface area contributed by atoms with Gasteiger partial charge in [0.2, 0.25) is 0 Å². The molecule has 0 aromatic carbocycles. The van der Waals surface area contributed by atoms with E-state index in [1.54, 1.807) is 0 Å². The number of β-amino-alcohol motifs (C(OH)–C–C–N with tert-alkyl or cyclic N) is 2. The zero-order valence-corrected chi connectivity index (χ0v) is 7.48. The fraction of sp³-hybridized carbons (Fsp3) is 0.778. The fourth-order valence-corrected chi connectivity index (χ4v) is 1.54. The monoisotopic (exact) mass is 171 g/mol. The molecule has 0 bridgehead atoms. The molecule has 3 heteroatoms. The van der Waals surface area contributed by atoms with Gasteiger partial charge in [-0.05, 0) is 6.92 Å². The molecule has 0 saturated carbocycles. The maximum absolute atomic E-state index is 9.32. The Kier molecular flexibility index (Phi) is 3.72. The van der Waals surface area contributed by atoms with Crippen molar-refractivity contribution in [1.29, 1.82) is 0 Å². The van der Waals surface area contributed by atoms with Crippen LogP contribution >= 0.6 is 0 Å². The van der Waals surface area contributed by atoms with Crippen LogP contribution in [0.25, 0.3) is 0 Å². The van der Waals surface area contributed by atoms with Crippen LogP contribution in [0, 0.1) is 0 Å². The number of nitrogens with zero attached hydrogens (tertiary/aromatic N) is 1. The molecule has 1 saturated heterocycles. The highest BCUT2D eigenvalue weighted by molar-refractivity contribution is 4.86. The number of likely N-dealkylation sites (tertiary alicyclic amines) is 1. The minimum absolute atomic E-state index is 0.362. The summed E-state index contributed by atoms with van der Waals surface area (Å²) in [5.74, 6) is 0. The van der Waals surface area contributed by atoms with E-state index in [9.17, 15) is 10.2 Å². The van der Waals surface area contributed by atoms with Gasteiger partial charge in [0.15, 0.2) is 0 Å². The van der Waals surface area contributed by atoms with E-state index in [1.807, 2.05) is 19.1 Å². The van der Waals surface area contributed by atoms with Gasteiger partial charge in [-0.25, -0.2) is 0 Å². The Morgan fingerprint density at radius 3 is 2.42 bits per heavy atom. The third-order valence-corrected chi connectivity index (χ3v) is 2.08. The summed E-state index contributed by atoms with van der Waals surface area (Å²) >= 11 is 0. The number of allylic oxidation sites excluding steroid dienone is 1. The van der Waals surface area contributed by atoms with Crippen LogP contribution in [0.4, 0.5) is 0 Å². The molecule has 2 atom stereocenters. The van der Waals surface area contributed by atoms with Gasteiger partial charge >= 0.3 is 0 Å². The molecule has 0 spiro atoms. The molecule has 1 aliphatic heterocycles. The highest BCUT2D eigenvalue weighted by Crippen LogP contribution is 2.09. The highest BCUT2D eigenvalue weighted by Gasteiger charge is 2.22. The van der Waals surface area contributed by atoms with E-state index in [2.05, 4.69) is 4.90 Å². The van der Waals surface area contributed by atoms with Crippen LogP contribution in [-0.2, 0) is 0 Å². The van der Waals surface area contributed by atoms with Gasteiger partial charge in [0.1, 0.15) is 0 Å². The van der Waals surface area contributed by atoms with Gasteiger partial charge in [0.25, 0.3) is 0 Å². The molecule has 0 aromatic heterocycles. The summed E-state index contributed by atoms with van der Waals surface area (Å²) in [6.07, 6.45) is 3.81. The first-order valence-electron chi connectivity index (χ1n) is 4.42. The maximum Gasteiger partial charge on any atom is 0.0692 e. The normalized spacial score (nSPS) is 32.9. The predicted octanol–water partition coefficient (Wildman–Crippen LogP) is -0.01000. The van der Waals surface area contributed by atoms with Crippen LogP contribution in [0.15, 0.2) is 12.2 Å². The summed E-state index contributed by atoms with van der Waals surface area (Å²) in [7, 11) is 0. The van der Waals surface area contributed by atoms with Crippen LogP contribution in [0.2, 0.25) is 0 Å². The predicted molar refractivity (Wildman–Crippen MR) is 47.9 cm³/mol. The highest BCUT2D eigenvalue weighted by atomic mass is 16.3. The van der Waals surface area contributed by atoms with E-state index < -0.39 is 0 Å². The van der Waals surface area contributed by atoms with Crippen molar-refractivity contribution in [2.24, 2.45) is 0 Å². The van der Waals surface area contributed by atoms with E-state index in [1.165, 1.54) is 0 Å². The SMILES string of the molecule is C/C=C/CN1C[C@H](O)C[C@H](O)C1. The standard InChI is InChI=1S/C9H17NO2/c1-2-3-4-10-6-8(11)5-9(12)7-10/h2-3,8-9,11-12H,4-7H2,1H3/b3-2+/t8-,9+. The van der Waals surface area contributed by atoms with Gasteiger partial charge in [-0.2, -0.15) is 0 Å². The number of aliphatic hydroxyl groups is 2. The minimum Gasteiger partial charge on any atom is -0.392 e. The molecule has 0 radical (unpaired) electrons. The summed E-state index contributed by atoms with van der Waals surface area (Å²) in [6.45, 7) is 4.16. The Bertz CT molecular complexity index is 149. The second-order valence-electron chi connectivity index (χ2n) is 3.33. The summed E-state index contributed by atoms with van der Waals surface area (Å²) in [5.41, 5.74) is 0. The zero-order chi connectivity index (χ0) is 8.97. The summed E-state index contributed by atoms with van der Waals surface area (Å²) in [4.78, 5) is 2.05. The second-order valence-corrected chi connectivity index (χ2v) is 3.33. The lowest BCUT2D eigenvalue weighted by atomic mass is 10.1. The molecule has 3 nitrogen and oxygen atoms in total. The molecule has 1 heterocycles. The van der Waals surface area contributed by atoms with Crippen molar-refractivity contribution >= 4 is 0 Å². The molecule has 0 aliphatic carbocycles. The van der Waals surface area contributed by atoms with Crippen LogP contribution < -0.4 is 0 Å². The Hall–Kier alpha value is -0.380. The van der Waals surface area contributed by atoms with Crippen molar-refractivity contribution < 1.29 is 10.2 Å². The van der Waals surface area contributed by atoms with E-state index in [-0.39, 0.29) is 12.2 Å². The van der Waals surface area contributed by atoms with Crippen molar-refractivity contribution in [3.8, 4) is 0 Å². The Morgan fingerprint density at radius 2 is 1.92 bits per heavy atom. The summed E-state index contributed by atoms with van der Waals surface area (Å²) in [6, 6.07) is 0. The van der Waals surface area contributed by atoms with Crippen molar-refractivity contribution in [3.63, 3.8) is 0 Å². The molecule has 0 unspecified atom stereocenters. The maximum atomic E-state index is 9.32. The first kappa shape index (κ1) is 9.71. The third kappa shape index (κ3) is 2.93. The molecule has 2 N–H and O–H groups in total. The molecule has 1 fully saturated rings. The number of hydrogen-bond acceptors (Lipinski definition) is 3. The van der Waals surface area contributed by atoms with Gasteiger partial charge in [0, 0.05) is 26.1 Å². The first-order valence-corrected chi connectivity index (χ1v) is 4.42. The topological polar surface area (TPSA) is 43.7 Å². The van der Waals surface area contributed by atoms with Crippen LogP contribution in [0.5, 0.6) is 0 Å². The molecule has 70 valence electrons. The lowest BCUT2D eigenvalue weighted by molar-refractivity contribution is -0.00353. The molecule has 12 heavy (non-hydrogen) atoms. The number of hydrogen-bond donors (Lipinski definition) is 2. The Morgan fingerprint density at radius 1 is 1.33 bits per heavy atom. The van der Waals surface area contributed by atoms with Crippen molar-refractivity contribution in [1.82, 2.24) is 4.90 Å². The van der Waals surface area contributed by atoms with Gasteiger partial charge in [0.05, 0.1) is 12.2 Å². The Balaban J connectivity index is 2.33. The fourth-order valence-electron chi connectivity index (χ4n) is 1.54. The quantitative estimate of drug-likeness (QED) is 0.574. The number of piperidine rings is 1. The Labute approximate surface area is 73.3 Å². The zero-order valence-electron chi connectivity index (χ0n) is 7.48. The second kappa shape index (κ2) is 4.60. The van der Waals surface area contributed by atoms with Crippen molar-refractivity contribution in [2.75, 3.05) is 19.6 Å². The van der Waals surface area contributed by atoms with E-state index in [0.717, 1.165) is 6.54 Å². The average molecular weight is 171 g/mol. The van der Waals surface area contributed by atoms with Gasteiger partial charge in [-0.1, -0.05) is 12.2 Å². The number of aliphatic hydroxyl groups excluding tert-OH is 2. The first-order chi connectivity index (χ1) is 5.72. The number of rotatable bonds is 2. The van der Waals surface area contributed by atoms with Gasteiger partial charge in [-0.15, -0.1) is 0 Å². The van der Waals surface area contributed by atoms with Crippen LogP contribution in [-0.4, -0.2) is 47.0 Å². The van der Waals surface area contributed by atoms with Crippen LogP contribution in [0.3, 0.4) is 0 Å². The van der Waals surface area contributed by atoms with Crippen molar-refractivity contribution in [2.45, 2.75) is 25.6 Å². The smallest absolute Gasteiger partial charge is 0.0692 e. The molecule has 1 rings (SSSR count). The third-order valence-electron chi connectivity index (χ3n) is 2.08. The molecular weight excluding hydrogens is 154 g/mol. The van der Waals surface area contributed by atoms with Crippen molar-refractivity contribution in [3.05, 3.63) is 12.2 Å². The lowest BCUT2D eigenvalue weighted by Crippen LogP contribution is -2.45. The van der Waals surface area contributed by atoms with Crippen LogP contribution in [0.1, 0.15) is 13.3 Å². The average Bonchev–Trinajstić information content (AvgIpc) is 1.99. The molecule has 0 amide bonds. The van der Waals surface area contributed by atoms with E-state index >= 15 is 0 Å². The molecule has 0 aromatic rings.